The van der Waals surface area contributed by atoms with E-state index in [-0.39, 0.29) is 11.5 Å². The van der Waals surface area contributed by atoms with E-state index in [2.05, 4.69) is 31.1 Å². The van der Waals surface area contributed by atoms with Crippen LogP contribution in [-0.2, 0) is 6.54 Å². The number of nitrogens with zero attached hydrogens (tertiary/aromatic N) is 4. The van der Waals surface area contributed by atoms with Gasteiger partial charge in [-0.15, -0.1) is 0 Å². The van der Waals surface area contributed by atoms with Gasteiger partial charge in [0.2, 0.25) is 0 Å². The first-order valence-corrected chi connectivity index (χ1v) is 8.51. The third kappa shape index (κ3) is 4.15. The summed E-state index contributed by atoms with van der Waals surface area (Å²) in [4.78, 5) is 4.35. The van der Waals surface area contributed by atoms with E-state index in [0.29, 0.717) is 26.0 Å². The van der Waals surface area contributed by atoms with Gasteiger partial charge < -0.3 is 10.9 Å². The van der Waals surface area contributed by atoms with Crippen molar-refractivity contribution in [3.63, 3.8) is 0 Å². The highest BCUT2D eigenvalue weighted by molar-refractivity contribution is 14.1. The van der Waals surface area contributed by atoms with Gasteiger partial charge in [-0.2, -0.15) is 10.2 Å². The van der Waals surface area contributed by atoms with Gasteiger partial charge in [0.05, 0.1) is 23.8 Å². The van der Waals surface area contributed by atoms with Gasteiger partial charge in [0.25, 0.3) is 0 Å². The highest BCUT2D eigenvalue weighted by Crippen LogP contribution is 2.27. The number of rotatable bonds is 5. The monoisotopic (exact) mass is 493 g/mol. The second-order valence-corrected chi connectivity index (χ2v) is 6.43. The summed E-state index contributed by atoms with van der Waals surface area (Å²) in [5.74, 6) is 4.86. The molecule has 1 heterocycles. The molecule has 23 heavy (non-hydrogen) atoms. The Bertz CT molecular complexity index is 762. The molecule has 0 fully saturated rings. The lowest BCUT2D eigenvalue weighted by Gasteiger charge is -2.10. The van der Waals surface area contributed by atoms with Crippen molar-refractivity contribution in [3.8, 4) is 0 Å². The molecule has 0 amide bonds. The fourth-order valence-corrected chi connectivity index (χ4v) is 3.16. The van der Waals surface area contributed by atoms with Crippen molar-refractivity contribution in [1.29, 1.82) is 0 Å². The molecule has 1 atom stereocenters. The number of halogens is 3. The average Bonchev–Trinajstić information content (AvgIpc) is 2.89. The third-order valence-electron chi connectivity index (χ3n) is 3.04. The first kappa shape index (κ1) is 18.0. The van der Waals surface area contributed by atoms with Crippen molar-refractivity contribution < 1.29 is 9.50 Å². The normalized spacial score (nSPS) is 13.7. The van der Waals surface area contributed by atoms with E-state index in [1.807, 2.05) is 29.5 Å². The zero-order valence-corrected chi connectivity index (χ0v) is 15.9. The molecule has 2 aromatic rings. The zero-order chi connectivity index (χ0) is 17.0. The second kappa shape index (κ2) is 7.97. The molecule has 0 aliphatic carbocycles. The summed E-state index contributed by atoms with van der Waals surface area (Å²) in [5, 5.41) is 18.2. The molecule has 0 aliphatic heterocycles. The summed E-state index contributed by atoms with van der Waals surface area (Å²) in [6.07, 6.45) is 1.74. The van der Waals surface area contributed by atoms with Crippen LogP contribution in [0.5, 0.6) is 0 Å². The van der Waals surface area contributed by atoms with Crippen molar-refractivity contribution in [2.45, 2.75) is 19.6 Å². The minimum atomic E-state index is -1.07. The lowest BCUT2D eigenvalue weighted by atomic mass is 10.1. The lowest BCUT2D eigenvalue weighted by Crippen LogP contribution is -2.15. The standard InChI is InChI=1S/C14H14BrFIN5O/c1-2-22-14(15)9(6-20-22)13(23)12(7-19-18)21-11-4-3-8(16)5-10(11)17/h3-7,13,23H,2,18H2,1H3. The minimum absolute atomic E-state index is 0.230. The molecule has 9 heteroatoms. The number of aliphatic imine (C=N–C) groups is 1. The molecule has 0 saturated heterocycles. The fraction of sp³-hybridized carbons (Fsp3) is 0.214. The van der Waals surface area contributed by atoms with Crippen molar-refractivity contribution in [1.82, 2.24) is 9.78 Å². The van der Waals surface area contributed by atoms with Crippen LogP contribution in [0.4, 0.5) is 10.1 Å². The van der Waals surface area contributed by atoms with Crippen molar-refractivity contribution in [2.75, 3.05) is 0 Å². The molecule has 122 valence electrons. The van der Waals surface area contributed by atoms with E-state index in [1.165, 1.54) is 24.4 Å². The maximum atomic E-state index is 13.2. The Kier molecular flexibility index (Phi) is 6.25. The Morgan fingerprint density at radius 2 is 2.35 bits per heavy atom. The smallest absolute Gasteiger partial charge is 0.127 e. The Morgan fingerprint density at radius 1 is 1.61 bits per heavy atom. The highest BCUT2D eigenvalue weighted by atomic mass is 127. The number of benzene rings is 1. The summed E-state index contributed by atoms with van der Waals surface area (Å²) < 4.78 is 16.1. The molecule has 0 saturated carbocycles. The SMILES string of the molecule is CCn1ncc(C(O)C(C=NN)=Nc2ccc(F)cc2I)c1Br. The minimum Gasteiger partial charge on any atom is -0.382 e. The second-order valence-electron chi connectivity index (χ2n) is 4.52. The molecular weight excluding hydrogens is 480 g/mol. The van der Waals surface area contributed by atoms with Crippen LogP contribution < -0.4 is 5.84 Å². The number of aromatic nitrogens is 2. The Hall–Kier alpha value is -1.33. The van der Waals surface area contributed by atoms with E-state index in [1.54, 1.807) is 10.9 Å². The van der Waals surface area contributed by atoms with Gasteiger partial charge in [0, 0.05) is 15.7 Å². The van der Waals surface area contributed by atoms with Crippen molar-refractivity contribution in [3.05, 3.63) is 43.9 Å². The molecule has 3 N–H and O–H groups in total. The van der Waals surface area contributed by atoms with Crippen LogP contribution in [0.2, 0.25) is 0 Å². The van der Waals surface area contributed by atoms with Gasteiger partial charge in [-0.05, 0) is 63.6 Å². The van der Waals surface area contributed by atoms with Crippen LogP contribution in [0.15, 0.2) is 39.1 Å². The summed E-state index contributed by atoms with van der Waals surface area (Å²) >= 11 is 5.37. The molecular formula is C14H14BrFIN5O. The molecule has 1 aromatic carbocycles. The van der Waals surface area contributed by atoms with E-state index in [9.17, 15) is 9.50 Å². The lowest BCUT2D eigenvalue weighted by molar-refractivity contribution is 0.249. The number of aliphatic hydroxyl groups is 1. The molecule has 0 bridgehead atoms. The maximum absolute atomic E-state index is 13.2. The number of nitrogens with two attached hydrogens (primary N) is 1. The number of hydrogen-bond acceptors (Lipinski definition) is 5. The fourth-order valence-electron chi connectivity index (χ4n) is 1.90. The van der Waals surface area contributed by atoms with Gasteiger partial charge in [0.15, 0.2) is 0 Å². The van der Waals surface area contributed by atoms with Gasteiger partial charge in [0.1, 0.15) is 16.5 Å². The molecule has 6 nitrogen and oxygen atoms in total. The van der Waals surface area contributed by atoms with E-state index in [4.69, 9.17) is 5.84 Å². The Balaban J connectivity index is 2.44. The first-order valence-electron chi connectivity index (χ1n) is 6.64. The Morgan fingerprint density at radius 3 is 2.91 bits per heavy atom. The van der Waals surface area contributed by atoms with E-state index < -0.39 is 6.10 Å². The zero-order valence-electron chi connectivity index (χ0n) is 12.1. The molecule has 2 rings (SSSR count). The van der Waals surface area contributed by atoms with Crippen LogP contribution in [-0.4, -0.2) is 26.8 Å². The molecule has 1 unspecified atom stereocenters. The van der Waals surface area contributed by atoms with E-state index in [0.717, 1.165) is 0 Å². The topological polar surface area (TPSA) is 88.8 Å². The summed E-state index contributed by atoms with van der Waals surface area (Å²) in [6.45, 7) is 2.59. The predicted octanol–water partition coefficient (Wildman–Crippen LogP) is 3.16. The third-order valence-corrected chi connectivity index (χ3v) is 4.77. The van der Waals surface area contributed by atoms with Gasteiger partial charge in [-0.1, -0.05) is 0 Å². The van der Waals surface area contributed by atoms with Crippen LogP contribution in [0.3, 0.4) is 0 Å². The van der Waals surface area contributed by atoms with Crippen molar-refractivity contribution >= 4 is 56.1 Å². The molecule has 0 aliphatic rings. The highest BCUT2D eigenvalue weighted by Gasteiger charge is 2.20. The van der Waals surface area contributed by atoms with Crippen LogP contribution >= 0.6 is 38.5 Å². The quantitative estimate of drug-likeness (QED) is 0.290. The first-order chi connectivity index (χ1) is 11.0. The summed E-state index contributed by atoms with van der Waals surface area (Å²) in [7, 11) is 0. The molecule has 0 spiro atoms. The van der Waals surface area contributed by atoms with Gasteiger partial charge in [-0.3, -0.25) is 4.68 Å². The summed E-state index contributed by atoms with van der Waals surface area (Å²) in [5.41, 5.74) is 1.29. The average molecular weight is 494 g/mol. The van der Waals surface area contributed by atoms with Crippen LogP contribution in [0, 0.1) is 9.39 Å². The number of aryl methyl sites for hydroxylation is 1. The van der Waals surface area contributed by atoms with Crippen LogP contribution in [0.25, 0.3) is 0 Å². The van der Waals surface area contributed by atoms with Gasteiger partial charge >= 0.3 is 0 Å². The summed E-state index contributed by atoms with van der Waals surface area (Å²) in [6, 6.07) is 4.18. The van der Waals surface area contributed by atoms with Crippen molar-refractivity contribution in [2.24, 2.45) is 15.9 Å². The molecule has 1 aromatic heterocycles. The number of hydrogen-bond donors (Lipinski definition) is 2. The number of aliphatic hydroxyl groups excluding tert-OH is 1. The maximum Gasteiger partial charge on any atom is 0.127 e. The Labute approximate surface area is 154 Å². The van der Waals surface area contributed by atoms with E-state index >= 15 is 0 Å². The number of hydrazone groups is 1. The van der Waals surface area contributed by atoms with Crippen LogP contribution in [0.1, 0.15) is 18.6 Å². The largest absolute Gasteiger partial charge is 0.382 e. The predicted molar refractivity (Wildman–Crippen MR) is 99.5 cm³/mol. The molecule has 0 radical (unpaired) electrons. The van der Waals surface area contributed by atoms with Gasteiger partial charge in [-0.25, -0.2) is 9.38 Å².